The van der Waals surface area contributed by atoms with Crippen LogP contribution in [0.1, 0.15) is 127 Å². The van der Waals surface area contributed by atoms with Gasteiger partial charge in [-0.25, -0.2) is 4.79 Å². The van der Waals surface area contributed by atoms with Crippen molar-refractivity contribution >= 4 is 41.4 Å². The van der Waals surface area contributed by atoms with E-state index in [2.05, 4.69) is 5.32 Å². The predicted molar refractivity (Wildman–Crippen MR) is 282 cm³/mol. The molecule has 3 aliphatic rings. The van der Waals surface area contributed by atoms with Crippen molar-refractivity contribution in [3.05, 3.63) is 101 Å². The van der Waals surface area contributed by atoms with Crippen molar-refractivity contribution in [2.45, 2.75) is 108 Å². The van der Waals surface area contributed by atoms with Crippen molar-refractivity contribution in [2.24, 2.45) is 0 Å². The maximum atomic E-state index is 14.6. The molecule has 19 heteroatoms. The van der Waals surface area contributed by atoms with Gasteiger partial charge in [-0.1, -0.05) is 50.1 Å². The topological polar surface area (TPSA) is 215 Å². The number of unbranched alkanes of at least 4 members (excludes halogenated alkanes) is 3. The summed E-state index contributed by atoms with van der Waals surface area (Å²) in [6.07, 6.45) is 5.23. The zero-order valence-corrected chi connectivity index (χ0v) is 45.0. The van der Waals surface area contributed by atoms with Gasteiger partial charge in [-0.2, -0.15) is 0 Å². The molecule has 4 unspecified atom stereocenters. The third kappa shape index (κ3) is 13.1. The summed E-state index contributed by atoms with van der Waals surface area (Å²) in [6.45, 7) is 2.66. The van der Waals surface area contributed by atoms with Gasteiger partial charge >= 0.3 is 5.97 Å². The van der Waals surface area contributed by atoms with E-state index in [0.29, 0.717) is 97.2 Å². The highest BCUT2D eigenvalue weighted by molar-refractivity contribution is 6.24. The SMILES string of the molecule is CCC(C(=O)N1CCCCC1C(=O)OC(CCc1ccc(OC)c(OC)c1)c1ccccc1OCC(=O)NCCCCCCOc1cccc2c1C(=O)N(C1CCC(=O)N(C)C1=O)C2=O)c1cc(OC)c(OC)c(OC)c1. The van der Waals surface area contributed by atoms with Crippen LogP contribution in [-0.4, -0.2) is 137 Å². The fourth-order valence-corrected chi connectivity index (χ4v) is 10.2. The molecule has 3 aliphatic heterocycles. The number of nitrogens with one attached hydrogen (secondary N) is 1. The number of hydrogen-bond donors (Lipinski definition) is 1. The second-order valence-electron chi connectivity index (χ2n) is 19.1. The summed E-state index contributed by atoms with van der Waals surface area (Å²) in [7, 11) is 9.03. The maximum Gasteiger partial charge on any atom is 0.329 e. The molecule has 2 fully saturated rings. The van der Waals surface area contributed by atoms with Gasteiger partial charge < -0.3 is 48.1 Å². The lowest BCUT2D eigenvalue weighted by Gasteiger charge is -2.37. The number of rotatable bonds is 26. The highest BCUT2D eigenvalue weighted by Gasteiger charge is 2.47. The first-order valence-electron chi connectivity index (χ1n) is 26.2. The standard InChI is InChI=1S/C58H70N4O15/c1-8-38(37-33-48(72-5)53(74-7)49(34-37)73-6)54(65)61-30-15-13-20-42(61)58(69)77-44(26-23-36-24-27-45(70-3)47(32-36)71-4)39-18-11-12-21-43(39)76-35-50(63)59-29-14-9-10-16-31-75-46-22-17-19-40-52(46)57(68)62(55(40)66)41-25-28-51(64)60(2)56(41)67/h11-12,17-19,21-22,24,27,32-34,38,41-42,44H,8-10,13-16,20,23,25-26,28-31,35H2,1-7H3,(H,59,63). The van der Waals surface area contributed by atoms with Crippen molar-refractivity contribution in [3.63, 3.8) is 0 Å². The van der Waals surface area contributed by atoms with Gasteiger partial charge in [0.05, 0.1) is 59.2 Å². The van der Waals surface area contributed by atoms with E-state index in [4.69, 9.17) is 37.9 Å². The van der Waals surface area contributed by atoms with Gasteiger partial charge in [-0.15, -0.1) is 0 Å². The summed E-state index contributed by atoms with van der Waals surface area (Å²) in [6, 6.07) is 19.1. The van der Waals surface area contributed by atoms with E-state index in [0.717, 1.165) is 41.0 Å². The molecule has 0 radical (unpaired) electrons. The monoisotopic (exact) mass is 1060 g/mol. The highest BCUT2D eigenvalue weighted by Crippen LogP contribution is 2.42. The number of methoxy groups -OCH3 is 5. The van der Waals surface area contributed by atoms with E-state index in [1.165, 1.54) is 34.4 Å². The molecular formula is C58H70N4O15. The summed E-state index contributed by atoms with van der Waals surface area (Å²) >= 11 is 0. The second kappa shape index (κ2) is 26.8. The molecule has 3 heterocycles. The quantitative estimate of drug-likeness (QED) is 0.0368. The number of ether oxygens (including phenoxy) is 8. The number of hydrogen-bond acceptors (Lipinski definition) is 15. The number of aryl methyl sites for hydroxylation is 1. The Morgan fingerprint density at radius 1 is 0.714 bits per heavy atom. The lowest BCUT2D eigenvalue weighted by molar-refractivity contribution is -0.162. The number of imide groups is 2. The first-order valence-corrected chi connectivity index (χ1v) is 26.2. The Bertz CT molecular complexity index is 2770. The normalized spacial score (nSPS) is 17.1. The minimum atomic E-state index is -1.06. The summed E-state index contributed by atoms with van der Waals surface area (Å²) in [5.41, 5.74) is 2.40. The van der Waals surface area contributed by atoms with Gasteiger partial charge in [0.15, 0.2) is 29.6 Å². The van der Waals surface area contributed by atoms with E-state index in [1.54, 1.807) is 55.5 Å². The van der Waals surface area contributed by atoms with Gasteiger partial charge in [0, 0.05) is 32.1 Å². The molecule has 77 heavy (non-hydrogen) atoms. The van der Waals surface area contributed by atoms with Gasteiger partial charge in [0.25, 0.3) is 23.6 Å². The van der Waals surface area contributed by atoms with E-state index in [-0.39, 0.29) is 60.7 Å². The van der Waals surface area contributed by atoms with Crippen LogP contribution in [0.25, 0.3) is 0 Å². The second-order valence-corrected chi connectivity index (χ2v) is 19.1. The molecule has 7 rings (SSSR count). The van der Waals surface area contributed by atoms with Crippen LogP contribution in [0.3, 0.4) is 0 Å². The Balaban J connectivity index is 0.950. The Hall–Kier alpha value is -7.83. The van der Waals surface area contributed by atoms with Crippen molar-refractivity contribution in [1.82, 2.24) is 20.0 Å². The zero-order chi connectivity index (χ0) is 55.2. The molecule has 6 amide bonds. The Morgan fingerprint density at radius 2 is 1.43 bits per heavy atom. The van der Waals surface area contributed by atoms with Crippen molar-refractivity contribution in [3.8, 4) is 40.2 Å². The lowest BCUT2D eigenvalue weighted by atomic mass is 9.91. The minimum absolute atomic E-state index is 0.0515. The first kappa shape index (κ1) is 56.9. The minimum Gasteiger partial charge on any atom is -0.493 e. The van der Waals surface area contributed by atoms with Gasteiger partial charge in [0.1, 0.15) is 29.7 Å². The zero-order valence-electron chi connectivity index (χ0n) is 45.0. The molecule has 0 spiro atoms. The van der Waals surface area contributed by atoms with Crippen LogP contribution in [0.4, 0.5) is 0 Å². The largest absolute Gasteiger partial charge is 0.493 e. The van der Waals surface area contributed by atoms with Crippen LogP contribution in [0.5, 0.6) is 40.2 Å². The molecule has 0 aromatic heterocycles. The number of benzene rings is 4. The molecule has 2 saturated heterocycles. The van der Waals surface area contributed by atoms with E-state index < -0.39 is 47.8 Å². The molecule has 1 N–H and O–H groups in total. The smallest absolute Gasteiger partial charge is 0.329 e. The molecule has 19 nitrogen and oxygen atoms in total. The van der Waals surface area contributed by atoms with Crippen LogP contribution < -0.4 is 38.5 Å². The number of likely N-dealkylation sites (N-methyl/N-ethyl adjacent to an activating group) is 1. The first-order chi connectivity index (χ1) is 37.3. The number of carbonyl (C=O) groups is 7. The number of piperidine rings is 2. The maximum absolute atomic E-state index is 14.6. The molecule has 4 aromatic carbocycles. The molecule has 412 valence electrons. The summed E-state index contributed by atoms with van der Waals surface area (Å²) in [4.78, 5) is 97.6. The third-order valence-corrected chi connectivity index (χ3v) is 14.4. The van der Waals surface area contributed by atoms with Gasteiger partial charge in [-0.05, 0) is 111 Å². The van der Waals surface area contributed by atoms with E-state index >= 15 is 0 Å². The fraction of sp³-hybridized carbons (Fsp3) is 0.466. The third-order valence-electron chi connectivity index (χ3n) is 14.4. The number of likely N-dealkylation sites (tertiary alicyclic amines) is 2. The average molecular weight is 1060 g/mol. The van der Waals surface area contributed by atoms with Crippen molar-refractivity contribution < 1.29 is 71.5 Å². The summed E-state index contributed by atoms with van der Waals surface area (Å²) in [5, 5.41) is 2.92. The molecule has 0 saturated carbocycles. The Kier molecular flexibility index (Phi) is 19.8. The summed E-state index contributed by atoms with van der Waals surface area (Å²) < 4.78 is 46.4. The number of amides is 6. The van der Waals surface area contributed by atoms with Crippen LogP contribution >= 0.6 is 0 Å². The number of carbonyl (C=O) groups excluding carboxylic acids is 7. The van der Waals surface area contributed by atoms with Gasteiger partial charge in [-0.3, -0.25) is 38.6 Å². The lowest BCUT2D eigenvalue weighted by Crippen LogP contribution is -2.54. The fourth-order valence-electron chi connectivity index (χ4n) is 10.2. The van der Waals surface area contributed by atoms with Gasteiger partial charge in [0.2, 0.25) is 17.6 Å². The number of para-hydroxylation sites is 1. The van der Waals surface area contributed by atoms with E-state index in [1.807, 2.05) is 37.3 Å². The average Bonchev–Trinajstić information content (AvgIpc) is 3.81. The van der Waals surface area contributed by atoms with Crippen molar-refractivity contribution in [1.29, 1.82) is 0 Å². The highest BCUT2D eigenvalue weighted by atomic mass is 16.6. The van der Waals surface area contributed by atoms with E-state index in [9.17, 15) is 33.6 Å². The number of esters is 1. The molecule has 4 atom stereocenters. The number of fused-ring (bicyclic) bond motifs is 1. The molecule has 4 aromatic rings. The van der Waals surface area contributed by atoms with Crippen LogP contribution in [-0.2, 0) is 35.1 Å². The molecule has 0 bridgehead atoms. The number of nitrogens with zero attached hydrogens (tertiary/aromatic N) is 3. The van der Waals surface area contributed by atoms with Crippen LogP contribution in [0, 0.1) is 0 Å². The molecular weight excluding hydrogens is 993 g/mol. The predicted octanol–water partition coefficient (Wildman–Crippen LogP) is 7.40. The van der Waals surface area contributed by atoms with Crippen molar-refractivity contribution in [2.75, 3.05) is 68.9 Å². The Labute approximate surface area is 449 Å². The van der Waals surface area contributed by atoms with Crippen LogP contribution in [0.15, 0.2) is 72.8 Å². The van der Waals surface area contributed by atoms with Crippen LogP contribution in [0.2, 0.25) is 0 Å². The summed E-state index contributed by atoms with van der Waals surface area (Å²) in [5.74, 6) is -0.861. The molecule has 0 aliphatic carbocycles. The Morgan fingerprint density at radius 3 is 2.14 bits per heavy atom.